The van der Waals surface area contributed by atoms with Gasteiger partial charge in [-0.3, -0.25) is 4.79 Å². The molecule has 0 aromatic heterocycles. The molecule has 1 unspecified atom stereocenters. The minimum Gasteiger partial charge on any atom is -0.353 e. The molecule has 0 saturated heterocycles. The molecule has 0 radical (unpaired) electrons. The van der Waals surface area contributed by atoms with E-state index in [2.05, 4.69) is 5.32 Å². The Hall–Kier alpha value is -0.570. The van der Waals surface area contributed by atoms with Crippen molar-refractivity contribution in [1.82, 2.24) is 5.32 Å². The molecule has 3 heteroatoms. The van der Waals surface area contributed by atoms with Crippen molar-refractivity contribution in [1.29, 1.82) is 0 Å². The molecule has 0 heterocycles. The number of hydrogen-bond donors (Lipinski definition) is 2. The molecule has 0 aromatic carbocycles. The summed E-state index contributed by atoms with van der Waals surface area (Å²) in [7, 11) is 0. The SMILES string of the molecule is NCC(C(=O)NC1CC1)C12CC3CC(CC(C3)C1)C2. The van der Waals surface area contributed by atoms with Gasteiger partial charge in [-0.05, 0) is 74.5 Å². The number of nitrogens with one attached hydrogen (secondary N) is 1. The van der Waals surface area contributed by atoms with Crippen LogP contribution in [0.3, 0.4) is 0 Å². The van der Waals surface area contributed by atoms with E-state index >= 15 is 0 Å². The summed E-state index contributed by atoms with van der Waals surface area (Å²) >= 11 is 0. The summed E-state index contributed by atoms with van der Waals surface area (Å²) in [6.07, 6.45) is 10.5. The molecule has 5 aliphatic carbocycles. The number of hydrogen-bond acceptors (Lipinski definition) is 2. The van der Waals surface area contributed by atoms with E-state index in [0.717, 1.165) is 17.8 Å². The molecule has 4 bridgehead atoms. The molecule has 0 aliphatic heterocycles. The van der Waals surface area contributed by atoms with Crippen molar-refractivity contribution in [3.05, 3.63) is 0 Å². The highest BCUT2D eigenvalue weighted by Gasteiger charge is 2.55. The Labute approximate surface area is 115 Å². The number of rotatable bonds is 4. The standard InChI is InChI=1S/C16H26N2O/c17-9-14(15(19)18-13-1-2-13)16-6-10-3-11(7-16)5-12(4-10)8-16/h10-14H,1-9,17H2,(H,18,19). The zero-order valence-electron chi connectivity index (χ0n) is 11.7. The quantitative estimate of drug-likeness (QED) is 0.815. The van der Waals surface area contributed by atoms with Gasteiger partial charge in [0.25, 0.3) is 0 Å². The third kappa shape index (κ3) is 2.01. The summed E-state index contributed by atoms with van der Waals surface area (Å²) in [5.74, 6) is 3.05. The maximum atomic E-state index is 12.5. The van der Waals surface area contributed by atoms with Crippen molar-refractivity contribution in [3.63, 3.8) is 0 Å². The summed E-state index contributed by atoms with van der Waals surface area (Å²) in [6.45, 7) is 0.546. The van der Waals surface area contributed by atoms with Gasteiger partial charge in [0.1, 0.15) is 0 Å². The van der Waals surface area contributed by atoms with Gasteiger partial charge >= 0.3 is 0 Å². The maximum absolute atomic E-state index is 12.5. The van der Waals surface area contributed by atoms with E-state index in [1.807, 2.05) is 0 Å². The van der Waals surface area contributed by atoms with Gasteiger partial charge in [-0.2, -0.15) is 0 Å². The van der Waals surface area contributed by atoms with Crippen molar-refractivity contribution >= 4 is 5.91 Å². The fourth-order valence-electron chi connectivity index (χ4n) is 5.77. The van der Waals surface area contributed by atoms with E-state index in [4.69, 9.17) is 5.73 Å². The second-order valence-electron chi connectivity index (χ2n) is 7.85. The molecule has 0 aromatic rings. The molecule has 3 N–H and O–H groups in total. The van der Waals surface area contributed by atoms with Crippen LogP contribution in [0.4, 0.5) is 0 Å². The van der Waals surface area contributed by atoms with Crippen molar-refractivity contribution in [2.45, 2.75) is 57.4 Å². The summed E-state index contributed by atoms with van der Waals surface area (Å²) < 4.78 is 0. The van der Waals surface area contributed by atoms with Crippen molar-refractivity contribution in [2.24, 2.45) is 34.8 Å². The molecule has 5 saturated carbocycles. The van der Waals surface area contributed by atoms with Crippen LogP contribution >= 0.6 is 0 Å². The number of carbonyl (C=O) groups excluding carboxylic acids is 1. The number of amides is 1. The van der Waals surface area contributed by atoms with Gasteiger partial charge in [-0.25, -0.2) is 0 Å². The molecule has 19 heavy (non-hydrogen) atoms. The zero-order chi connectivity index (χ0) is 13.0. The van der Waals surface area contributed by atoms with Crippen LogP contribution in [0.1, 0.15) is 51.4 Å². The zero-order valence-corrected chi connectivity index (χ0v) is 11.7. The molecule has 106 valence electrons. The van der Waals surface area contributed by atoms with Crippen LogP contribution in [0, 0.1) is 29.1 Å². The topological polar surface area (TPSA) is 55.1 Å². The van der Waals surface area contributed by atoms with E-state index in [-0.39, 0.29) is 17.2 Å². The number of carbonyl (C=O) groups is 1. The lowest BCUT2D eigenvalue weighted by atomic mass is 9.46. The molecule has 5 fully saturated rings. The first-order valence-electron chi connectivity index (χ1n) is 8.19. The minimum absolute atomic E-state index is 0.0847. The summed E-state index contributed by atoms with van der Waals surface area (Å²) in [6, 6.07) is 0.468. The lowest BCUT2D eigenvalue weighted by molar-refractivity contribution is -0.140. The second-order valence-corrected chi connectivity index (χ2v) is 7.85. The summed E-state index contributed by atoms with van der Waals surface area (Å²) in [4.78, 5) is 12.5. The van der Waals surface area contributed by atoms with Crippen molar-refractivity contribution in [2.75, 3.05) is 6.54 Å². The molecular weight excluding hydrogens is 236 g/mol. The summed E-state index contributed by atoms with van der Waals surface area (Å²) in [5.41, 5.74) is 6.30. The summed E-state index contributed by atoms with van der Waals surface area (Å²) in [5, 5.41) is 3.21. The highest BCUT2D eigenvalue weighted by atomic mass is 16.2. The predicted octanol–water partition coefficient (Wildman–Crippen LogP) is 2.06. The average molecular weight is 262 g/mol. The van der Waals surface area contributed by atoms with Crippen molar-refractivity contribution in [3.8, 4) is 0 Å². The Morgan fingerprint density at radius 1 is 1.11 bits per heavy atom. The van der Waals surface area contributed by atoms with Gasteiger partial charge < -0.3 is 11.1 Å². The Kier molecular flexibility index (Phi) is 2.70. The molecule has 5 rings (SSSR count). The molecule has 1 amide bonds. The van der Waals surface area contributed by atoms with Crippen LogP contribution in [-0.2, 0) is 4.79 Å². The molecule has 3 nitrogen and oxygen atoms in total. The first-order chi connectivity index (χ1) is 9.18. The Bertz CT molecular complexity index is 353. The van der Waals surface area contributed by atoms with E-state index in [0.29, 0.717) is 12.6 Å². The second kappa shape index (κ2) is 4.21. The third-order valence-electron chi connectivity index (χ3n) is 6.30. The van der Waals surface area contributed by atoms with Crippen LogP contribution in [0.25, 0.3) is 0 Å². The largest absolute Gasteiger partial charge is 0.353 e. The van der Waals surface area contributed by atoms with Gasteiger partial charge in [0.15, 0.2) is 0 Å². The molecule has 0 spiro atoms. The van der Waals surface area contributed by atoms with Gasteiger partial charge in [0, 0.05) is 12.6 Å². The molecular formula is C16H26N2O. The molecule has 1 atom stereocenters. The average Bonchev–Trinajstić information content (AvgIpc) is 3.11. The van der Waals surface area contributed by atoms with E-state index in [1.54, 1.807) is 0 Å². The van der Waals surface area contributed by atoms with Crippen molar-refractivity contribution < 1.29 is 4.79 Å². The lowest BCUT2D eigenvalue weighted by Crippen LogP contribution is -2.55. The minimum atomic E-state index is 0.0847. The van der Waals surface area contributed by atoms with Gasteiger partial charge in [-0.15, -0.1) is 0 Å². The van der Waals surface area contributed by atoms with Crippen LogP contribution in [-0.4, -0.2) is 18.5 Å². The molecule has 5 aliphatic rings. The first-order valence-corrected chi connectivity index (χ1v) is 8.19. The van der Waals surface area contributed by atoms with E-state index < -0.39 is 0 Å². The highest BCUT2D eigenvalue weighted by Crippen LogP contribution is 2.62. The van der Waals surface area contributed by atoms with Crippen LogP contribution < -0.4 is 11.1 Å². The number of nitrogens with two attached hydrogens (primary N) is 1. The fourth-order valence-corrected chi connectivity index (χ4v) is 5.77. The third-order valence-corrected chi connectivity index (χ3v) is 6.30. The van der Waals surface area contributed by atoms with E-state index in [1.165, 1.54) is 51.4 Å². The van der Waals surface area contributed by atoms with Crippen LogP contribution in [0.15, 0.2) is 0 Å². The monoisotopic (exact) mass is 262 g/mol. The predicted molar refractivity (Wildman–Crippen MR) is 74.3 cm³/mol. The van der Waals surface area contributed by atoms with E-state index in [9.17, 15) is 4.79 Å². The van der Waals surface area contributed by atoms with Gasteiger partial charge in [0.05, 0.1) is 5.92 Å². The van der Waals surface area contributed by atoms with Gasteiger partial charge in [0.2, 0.25) is 5.91 Å². The highest BCUT2D eigenvalue weighted by molar-refractivity contribution is 5.80. The van der Waals surface area contributed by atoms with Gasteiger partial charge in [-0.1, -0.05) is 0 Å². The van der Waals surface area contributed by atoms with Crippen LogP contribution in [0.5, 0.6) is 0 Å². The normalized spacial score (nSPS) is 45.2. The fraction of sp³-hybridized carbons (Fsp3) is 0.938. The lowest BCUT2D eigenvalue weighted by Gasteiger charge is -2.59. The Morgan fingerprint density at radius 3 is 2.05 bits per heavy atom. The maximum Gasteiger partial charge on any atom is 0.225 e. The van der Waals surface area contributed by atoms with Crippen LogP contribution in [0.2, 0.25) is 0 Å². The first kappa shape index (κ1) is 12.2. The Balaban J connectivity index is 1.56. The Morgan fingerprint density at radius 2 is 1.63 bits per heavy atom. The smallest absolute Gasteiger partial charge is 0.225 e.